The van der Waals surface area contributed by atoms with Gasteiger partial charge in [0, 0.05) is 36.3 Å². The Hall–Kier alpha value is -2.78. The Balaban J connectivity index is 1.30. The minimum Gasteiger partial charge on any atom is -0.349 e. The van der Waals surface area contributed by atoms with Crippen LogP contribution in [0, 0.1) is 5.82 Å². The lowest BCUT2D eigenvalue weighted by molar-refractivity contribution is 0.0698. The van der Waals surface area contributed by atoms with Gasteiger partial charge < -0.3 is 10.2 Å². The number of halogens is 1. The molecule has 164 valence electrons. The van der Waals surface area contributed by atoms with Crippen LogP contribution in [0.15, 0.2) is 53.4 Å². The molecule has 0 unspecified atom stereocenters. The molecular formula is C22H24FN3O4S. The molecule has 31 heavy (non-hydrogen) atoms. The fraction of sp³-hybridized carbons (Fsp3) is 0.364. The van der Waals surface area contributed by atoms with Crippen molar-refractivity contribution in [3.8, 4) is 0 Å². The van der Waals surface area contributed by atoms with Gasteiger partial charge in [-0.05, 0) is 74.2 Å². The van der Waals surface area contributed by atoms with E-state index in [1.807, 2.05) is 0 Å². The molecule has 0 atom stereocenters. The topological polar surface area (TPSA) is 95.6 Å². The molecule has 1 aliphatic heterocycles. The predicted octanol–water partition coefficient (Wildman–Crippen LogP) is 2.30. The maximum absolute atomic E-state index is 13.0. The van der Waals surface area contributed by atoms with Gasteiger partial charge >= 0.3 is 0 Å². The standard InChI is InChI=1S/C22H24FN3O4S/c23-17-5-1-15(2-6-17)21(27)24-18-11-13-26(14-12-18)22(28)16-3-9-20(10-4-16)31(29,30)25-19-7-8-19/h1-6,9-10,18-19,25H,7-8,11-14H2,(H,24,27). The van der Waals surface area contributed by atoms with Crippen molar-refractivity contribution in [2.75, 3.05) is 13.1 Å². The van der Waals surface area contributed by atoms with Crippen molar-refractivity contribution in [3.63, 3.8) is 0 Å². The summed E-state index contributed by atoms with van der Waals surface area (Å²) in [6.45, 7) is 0.965. The highest BCUT2D eigenvalue weighted by Crippen LogP contribution is 2.23. The molecule has 1 heterocycles. The predicted molar refractivity (Wildman–Crippen MR) is 113 cm³/mol. The largest absolute Gasteiger partial charge is 0.349 e. The van der Waals surface area contributed by atoms with E-state index >= 15 is 0 Å². The van der Waals surface area contributed by atoms with Crippen molar-refractivity contribution in [1.82, 2.24) is 14.9 Å². The Morgan fingerprint density at radius 2 is 1.42 bits per heavy atom. The Morgan fingerprint density at radius 1 is 0.839 bits per heavy atom. The molecule has 2 amide bonds. The van der Waals surface area contributed by atoms with Crippen LogP contribution in [0.2, 0.25) is 0 Å². The van der Waals surface area contributed by atoms with Gasteiger partial charge in [-0.2, -0.15) is 0 Å². The van der Waals surface area contributed by atoms with E-state index in [4.69, 9.17) is 0 Å². The second-order valence-corrected chi connectivity index (χ2v) is 9.68. The lowest BCUT2D eigenvalue weighted by Crippen LogP contribution is -2.46. The number of rotatable bonds is 6. The number of nitrogens with one attached hydrogen (secondary N) is 2. The minimum atomic E-state index is -3.54. The summed E-state index contributed by atoms with van der Waals surface area (Å²) in [5.74, 6) is -0.822. The summed E-state index contributed by atoms with van der Waals surface area (Å²) in [5.41, 5.74) is 0.824. The number of nitrogens with zero attached hydrogens (tertiary/aromatic N) is 1. The van der Waals surface area contributed by atoms with Crippen LogP contribution >= 0.6 is 0 Å². The molecule has 2 aromatic rings. The summed E-state index contributed by atoms with van der Waals surface area (Å²) in [4.78, 5) is 26.9. The maximum Gasteiger partial charge on any atom is 0.253 e. The summed E-state index contributed by atoms with van der Waals surface area (Å²) in [7, 11) is -3.54. The zero-order chi connectivity index (χ0) is 22.0. The van der Waals surface area contributed by atoms with Crippen LogP contribution in [0.1, 0.15) is 46.4 Å². The van der Waals surface area contributed by atoms with Gasteiger partial charge in [0.25, 0.3) is 11.8 Å². The number of hydrogen-bond acceptors (Lipinski definition) is 4. The molecule has 9 heteroatoms. The highest BCUT2D eigenvalue weighted by atomic mass is 32.2. The average Bonchev–Trinajstić information content (AvgIpc) is 3.57. The van der Waals surface area contributed by atoms with E-state index in [1.165, 1.54) is 48.5 Å². The maximum atomic E-state index is 13.0. The van der Waals surface area contributed by atoms with Crippen LogP contribution in [-0.2, 0) is 10.0 Å². The van der Waals surface area contributed by atoms with E-state index in [9.17, 15) is 22.4 Å². The van der Waals surface area contributed by atoms with Crippen molar-refractivity contribution >= 4 is 21.8 Å². The Labute approximate surface area is 180 Å². The van der Waals surface area contributed by atoms with Crippen LogP contribution in [0.4, 0.5) is 4.39 Å². The van der Waals surface area contributed by atoms with Gasteiger partial charge in [0.15, 0.2) is 0 Å². The van der Waals surface area contributed by atoms with E-state index in [0.29, 0.717) is 37.1 Å². The van der Waals surface area contributed by atoms with E-state index in [-0.39, 0.29) is 28.8 Å². The third-order valence-corrected chi connectivity index (χ3v) is 7.07. The van der Waals surface area contributed by atoms with Crippen LogP contribution < -0.4 is 10.0 Å². The van der Waals surface area contributed by atoms with Crippen molar-refractivity contribution in [2.24, 2.45) is 0 Å². The zero-order valence-electron chi connectivity index (χ0n) is 16.9. The molecular weight excluding hydrogens is 421 g/mol. The zero-order valence-corrected chi connectivity index (χ0v) is 17.7. The second kappa shape index (κ2) is 8.76. The molecule has 2 aliphatic rings. The third-order valence-electron chi connectivity index (χ3n) is 5.53. The van der Waals surface area contributed by atoms with Crippen molar-refractivity contribution < 1.29 is 22.4 Å². The second-order valence-electron chi connectivity index (χ2n) is 7.97. The first-order valence-corrected chi connectivity index (χ1v) is 11.8. The van der Waals surface area contributed by atoms with E-state index in [1.54, 1.807) is 4.90 Å². The molecule has 1 saturated heterocycles. The number of benzene rings is 2. The van der Waals surface area contributed by atoms with E-state index < -0.39 is 15.8 Å². The van der Waals surface area contributed by atoms with Gasteiger partial charge in [-0.1, -0.05) is 0 Å². The van der Waals surface area contributed by atoms with Crippen molar-refractivity contribution in [3.05, 3.63) is 65.5 Å². The number of piperidine rings is 1. The fourth-order valence-electron chi connectivity index (χ4n) is 3.54. The summed E-state index contributed by atoms with van der Waals surface area (Å²) in [6, 6.07) is 11.3. The number of amides is 2. The fourth-order valence-corrected chi connectivity index (χ4v) is 4.85. The number of likely N-dealkylation sites (tertiary alicyclic amines) is 1. The quantitative estimate of drug-likeness (QED) is 0.713. The first-order chi connectivity index (χ1) is 14.8. The smallest absolute Gasteiger partial charge is 0.253 e. The molecule has 2 fully saturated rings. The number of carbonyl (C=O) groups is 2. The van der Waals surface area contributed by atoms with Gasteiger partial charge in [0.1, 0.15) is 5.82 Å². The molecule has 0 spiro atoms. The molecule has 1 aliphatic carbocycles. The summed E-state index contributed by atoms with van der Waals surface area (Å²) < 4.78 is 40.1. The first kappa shape index (κ1) is 21.5. The number of carbonyl (C=O) groups excluding carboxylic acids is 2. The van der Waals surface area contributed by atoms with E-state index in [2.05, 4.69) is 10.0 Å². The molecule has 2 aromatic carbocycles. The van der Waals surface area contributed by atoms with Crippen molar-refractivity contribution in [1.29, 1.82) is 0 Å². The Morgan fingerprint density at radius 3 is 2.00 bits per heavy atom. The highest BCUT2D eigenvalue weighted by molar-refractivity contribution is 7.89. The summed E-state index contributed by atoms with van der Waals surface area (Å²) >= 11 is 0. The lowest BCUT2D eigenvalue weighted by atomic mass is 10.0. The molecule has 0 aromatic heterocycles. The van der Waals surface area contributed by atoms with Gasteiger partial charge in [0.2, 0.25) is 10.0 Å². The first-order valence-electron chi connectivity index (χ1n) is 10.3. The van der Waals surface area contributed by atoms with Crippen molar-refractivity contribution in [2.45, 2.75) is 42.7 Å². The third kappa shape index (κ3) is 5.29. The average molecular weight is 446 g/mol. The SMILES string of the molecule is O=C(NC1CCN(C(=O)c2ccc(S(=O)(=O)NC3CC3)cc2)CC1)c1ccc(F)cc1. The Bertz CT molecular complexity index is 1060. The van der Waals surface area contributed by atoms with Crippen LogP contribution in [0.5, 0.6) is 0 Å². The molecule has 2 N–H and O–H groups in total. The highest BCUT2D eigenvalue weighted by Gasteiger charge is 2.29. The van der Waals surface area contributed by atoms with E-state index in [0.717, 1.165) is 12.8 Å². The van der Waals surface area contributed by atoms with Gasteiger partial charge in [-0.3, -0.25) is 9.59 Å². The van der Waals surface area contributed by atoms with Gasteiger partial charge in [-0.15, -0.1) is 0 Å². The number of hydrogen-bond donors (Lipinski definition) is 2. The van der Waals surface area contributed by atoms with Gasteiger partial charge in [-0.25, -0.2) is 17.5 Å². The van der Waals surface area contributed by atoms with Crippen LogP contribution in [-0.4, -0.2) is 50.3 Å². The van der Waals surface area contributed by atoms with Crippen LogP contribution in [0.3, 0.4) is 0 Å². The van der Waals surface area contributed by atoms with Crippen LogP contribution in [0.25, 0.3) is 0 Å². The lowest BCUT2D eigenvalue weighted by Gasteiger charge is -2.32. The minimum absolute atomic E-state index is 0.0242. The number of sulfonamides is 1. The Kier molecular flexibility index (Phi) is 6.06. The summed E-state index contributed by atoms with van der Waals surface area (Å²) in [6.07, 6.45) is 2.93. The molecule has 4 rings (SSSR count). The molecule has 0 radical (unpaired) electrons. The summed E-state index contributed by atoms with van der Waals surface area (Å²) in [5, 5.41) is 2.93. The normalized spacial score (nSPS) is 17.4. The monoisotopic (exact) mass is 445 g/mol. The molecule has 0 bridgehead atoms. The molecule has 7 nitrogen and oxygen atoms in total. The van der Waals surface area contributed by atoms with Gasteiger partial charge in [0.05, 0.1) is 4.90 Å². The molecule has 1 saturated carbocycles.